The number of carbonyl (C=O) groups excluding carboxylic acids is 3. The lowest BCUT2D eigenvalue weighted by Gasteiger charge is -2.32. The molecule has 2 rings (SSSR count). The summed E-state index contributed by atoms with van der Waals surface area (Å²) < 4.78 is 5.27. The first-order chi connectivity index (χ1) is 17.0. The maximum absolute atomic E-state index is 13.6. The highest BCUT2D eigenvalue weighted by Gasteiger charge is 2.36. The quantitative estimate of drug-likeness (QED) is 0.342. The molecule has 0 aliphatic rings. The first-order valence-electron chi connectivity index (χ1n) is 11.7. The first kappa shape index (κ1) is 28.7. The lowest BCUT2D eigenvalue weighted by molar-refractivity contribution is -0.139. The van der Waals surface area contributed by atoms with Crippen LogP contribution in [0.3, 0.4) is 0 Å². The van der Waals surface area contributed by atoms with E-state index in [0.29, 0.717) is 11.3 Å². The van der Waals surface area contributed by atoms with Gasteiger partial charge < -0.3 is 20.3 Å². The van der Waals surface area contributed by atoms with E-state index in [9.17, 15) is 19.6 Å². The maximum atomic E-state index is 13.6. The molecule has 192 valence electrons. The second kappa shape index (κ2) is 13.0. The summed E-state index contributed by atoms with van der Waals surface area (Å²) in [6, 6.07) is 14.3. The highest BCUT2D eigenvalue weighted by molar-refractivity contribution is 7.80. The normalized spacial score (nSPS) is 12.6. The number of alkyl carbamates (subject to hydrolysis) is 1. The van der Waals surface area contributed by atoms with Crippen LogP contribution in [-0.2, 0) is 20.7 Å². The Morgan fingerprint density at radius 1 is 1.11 bits per heavy atom. The molecule has 0 radical (unpaired) electrons. The number of ether oxygens (including phenoxy) is 1. The van der Waals surface area contributed by atoms with E-state index in [2.05, 4.69) is 23.3 Å². The summed E-state index contributed by atoms with van der Waals surface area (Å²) in [5.74, 6) is -1.16. The summed E-state index contributed by atoms with van der Waals surface area (Å²) in [5.41, 5.74) is 2.29. The lowest BCUT2D eigenvalue weighted by atomic mass is 10.0. The second-order valence-electron chi connectivity index (χ2n) is 9.31. The van der Waals surface area contributed by atoms with E-state index < -0.39 is 35.6 Å². The summed E-state index contributed by atoms with van der Waals surface area (Å²) in [7, 11) is 0. The van der Waals surface area contributed by atoms with Crippen molar-refractivity contribution in [3.63, 3.8) is 0 Å². The molecular formula is C27H34N4O4S. The number of anilines is 1. The molecule has 8 nitrogen and oxygen atoms in total. The van der Waals surface area contributed by atoms with Crippen molar-refractivity contribution in [2.45, 2.75) is 58.7 Å². The number of nitrogens with one attached hydrogen (secondary N) is 2. The number of thiol groups is 1. The molecule has 2 unspecified atom stereocenters. The van der Waals surface area contributed by atoms with Crippen LogP contribution in [-0.4, -0.2) is 46.7 Å². The topological polar surface area (TPSA) is 112 Å². The van der Waals surface area contributed by atoms with Gasteiger partial charge in [0.1, 0.15) is 24.2 Å². The molecule has 0 saturated heterocycles. The van der Waals surface area contributed by atoms with E-state index in [-0.39, 0.29) is 12.3 Å². The fourth-order valence-electron chi connectivity index (χ4n) is 3.53. The summed E-state index contributed by atoms with van der Waals surface area (Å²) in [5, 5.41) is 15.0. The molecule has 36 heavy (non-hydrogen) atoms. The predicted molar refractivity (Wildman–Crippen MR) is 143 cm³/mol. The number of amides is 3. The van der Waals surface area contributed by atoms with Crippen LogP contribution in [0.4, 0.5) is 10.5 Å². The fourth-order valence-corrected chi connectivity index (χ4v) is 3.78. The molecule has 0 fully saturated rings. The minimum Gasteiger partial charge on any atom is -0.444 e. The highest BCUT2D eigenvalue weighted by atomic mass is 32.1. The van der Waals surface area contributed by atoms with Crippen LogP contribution in [0.2, 0.25) is 0 Å². The van der Waals surface area contributed by atoms with Crippen LogP contribution >= 0.6 is 12.6 Å². The van der Waals surface area contributed by atoms with Gasteiger partial charge in [-0.25, -0.2) is 4.79 Å². The molecule has 0 aromatic heterocycles. The van der Waals surface area contributed by atoms with Crippen molar-refractivity contribution in [3.8, 4) is 6.07 Å². The van der Waals surface area contributed by atoms with E-state index in [1.165, 1.54) is 0 Å². The molecule has 2 aromatic rings. The number of hydrogen-bond acceptors (Lipinski definition) is 6. The minimum absolute atomic E-state index is 0.0547. The Morgan fingerprint density at radius 3 is 2.28 bits per heavy atom. The monoisotopic (exact) mass is 510 g/mol. The van der Waals surface area contributed by atoms with Gasteiger partial charge in [-0.3, -0.25) is 9.59 Å². The smallest absolute Gasteiger partial charge is 0.408 e. The third kappa shape index (κ3) is 8.02. The van der Waals surface area contributed by atoms with E-state index >= 15 is 0 Å². The number of nitrogens with zero attached hydrogens (tertiary/aromatic N) is 2. The average molecular weight is 511 g/mol. The van der Waals surface area contributed by atoms with Gasteiger partial charge in [0.25, 0.3) is 5.91 Å². The van der Waals surface area contributed by atoms with E-state index in [1.807, 2.05) is 44.2 Å². The number of benzene rings is 2. The van der Waals surface area contributed by atoms with Crippen molar-refractivity contribution >= 4 is 36.2 Å². The highest BCUT2D eigenvalue weighted by Crippen LogP contribution is 2.26. The van der Waals surface area contributed by atoms with E-state index in [0.717, 1.165) is 22.4 Å². The molecule has 0 heterocycles. The summed E-state index contributed by atoms with van der Waals surface area (Å²) in [6.45, 7) is 8.62. The van der Waals surface area contributed by atoms with Gasteiger partial charge in [-0.05, 0) is 56.9 Å². The summed E-state index contributed by atoms with van der Waals surface area (Å²) >= 11 is 4.23. The molecular weight excluding hydrogens is 476 g/mol. The second-order valence-corrected chi connectivity index (χ2v) is 9.67. The number of para-hydroxylation sites is 1. The number of aryl methyl sites for hydroxylation is 2. The zero-order valence-corrected chi connectivity index (χ0v) is 22.3. The van der Waals surface area contributed by atoms with Gasteiger partial charge in [-0.2, -0.15) is 17.9 Å². The van der Waals surface area contributed by atoms with Gasteiger partial charge in [0, 0.05) is 11.4 Å². The first-order valence-corrected chi connectivity index (χ1v) is 12.4. The van der Waals surface area contributed by atoms with Crippen LogP contribution in [0.1, 0.15) is 50.4 Å². The van der Waals surface area contributed by atoms with Crippen LogP contribution in [0.5, 0.6) is 0 Å². The van der Waals surface area contributed by atoms with Crippen molar-refractivity contribution in [2.75, 3.05) is 17.6 Å². The fraction of sp³-hybridized carbons (Fsp3) is 0.407. The Morgan fingerprint density at radius 2 is 1.75 bits per heavy atom. The molecule has 3 amide bonds. The third-order valence-corrected chi connectivity index (χ3v) is 5.73. The molecule has 0 aliphatic heterocycles. The standard InChI is InChI=1S/C27H34N4O4S/c1-6-19-11-13-20(14-12-19)23(24(32)29-21-10-8-7-9-18(21)2)31(16-15-28)25(33)22(17-36)30-26(34)35-27(3,4)5/h7-14,22-23,36H,6,16-17H2,1-5H3,(H,29,32)(H,30,34). The number of carbonyl (C=O) groups is 3. The SMILES string of the molecule is CCc1ccc(C(C(=O)Nc2ccccc2C)N(CC#N)C(=O)C(CS)NC(=O)OC(C)(C)C)cc1. The zero-order chi connectivity index (χ0) is 26.9. The van der Waals surface area contributed by atoms with Gasteiger partial charge in [-0.15, -0.1) is 0 Å². The Kier molecular flexibility index (Phi) is 10.4. The summed E-state index contributed by atoms with van der Waals surface area (Å²) in [4.78, 5) is 40.7. The van der Waals surface area contributed by atoms with Crippen molar-refractivity contribution in [2.24, 2.45) is 0 Å². The Hall–Kier alpha value is -3.51. The van der Waals surface area contributed by atoms with Crippen molar-refractivity contribution in [1.29, 1.82) is 5.26 Å². The van der Waals surface area contributed by atoms with Crippen molar-refractivity contribution < 1.29 is 19.1 Å². The van der Waals surface area contributed by atoms with Gasteiger partial charge >= 0.3 is 6.09 Å². The Bertz CT molecular complexity index is 1110. The molecule has 0 aliphatic carbocycles. The minimum atomic E-state index is -1.12. The maximum Gasteiger partial charge on any atom is 0.408 e. The van der Waals surface area contributed by atoms with Crippen molar-refractivity contribution in [1.82, 2.24) is 10.2 Å². The van der Waals surface area contributed by atoms with E-state index in [4.69, 9.17) is 4.74 Å². The molecule has 0 bridgehead atoms. The predicted octanol–water partition coefficient (Wildman–Crippen LogP) is 4.41. The molecule has 9 heteroatoms. The van der Waals surface area contributed by atoms with Gasteiger partial charge in [0.05, 0.1) is 6.07 Å². The molecule has 0 spiro atoms. The lowest BCUT2D eigenvalue weighted by Crippen LogP contribution is -2.53. The largest absolute Gasteiger partial charge is 0.444 e. The van der Waals surface area contributed by atoms with Crippen LogP contribution in [0.25, 0.3) is 0 Å². The van der Waals surface area contributed by atoms with Gasteiger partial charge in [-0.1, -0.05) is 49.4 Å². The zero-order valence-electron chi connectivity index (χ0n) is 21.4. The Labute approximate surface area is 218 Å². The van der Waals surface area contributed by atoms with Crippen LogP contribution in [0.15, 0.2) is 48.5 Å². The molecule has 0 saturated carbocycles. The van der Waals surface area contributed by atoms with Gasteiger partial charge in [0.15, 0.2) is 0 Å². The average Bonchev–Trinajstić information content (AvgIpc) is 2.82. The summed E-state index contributed by atoms with van der Waals surface area (Å²) in [6.07, 6.45) is 0.0166. The Balaban J connectivity index is 2.46. The third-order valence-electron chi connectivity index (χ3n) is 5.36. The number of rotatable bonds is 9. The van der Waals surface area contributed by atoms with Crippen molar-refractivity contribution in [3.05, 3.63) is 65.2 Å². The van der Waals surface area contributed by atoms with Gasteiger partial charge in [0.2, 0.25) is 5.91 Å². The molecule has 2 N–H and O–H groups in total. The molecule has 2 aromatic carbocycles. The van der Waals surface area contributed by atoms with Crippen LogP contribution in [0, 0.1) is 18.3 Å². The van der Waals surface area contributed by atoms with Crippen LogP contribution < -0.4 is 10.6 Å². The molecule has 2 atom stereocenters. The number of nitriles is 1. The number of hydrogen-bond donors (Lipinski definition) is 3. The van der Waals surface area contributed by atoms with E-state index in [1.54, 1.807) is 45.0 Å².